The first-order valence-corrected chi connectivity index (χ1v) is 9.94. The summed E-state index contributed by atoms with van der Waals surface area (Å²) >= 11 is 2.80. The summed E-state index contributed by atoms with van der Waals surface area (Å²) in [4.78, 5) is 5.37. The Bertz CT molecular complexity index is 720. The van der Waals surface area contributed by atoms with Gasteiger partial charge in [0, 0.05) is 11.4 Å². The van der Waals surface area contributed by atoms with Crippen LogP contribution in [-0.2, 0) is 23.1 Å². The number of hydrogen-bond donors (Lipinski definition) is 3. The monoisotopic (exact) mass is 358 g/mol. The van der Waals surface area contributed by atoms with Crippen LogP contribution < -0.4 is 15.8 Å². The highest BCUT2D eigenvalue weighted by molar-refractivity contribution is 7.91. The predicted molar refractivity (Wildman–Crippen MR) is 91.7 cm³/mol. The van der Waals surface area contributed by atoms with E-state index in [-0.39, 0.29) is 4.21 Å². The van der Waals surface area contributed by atoms with Crippen LogP contribution in [0.25, 0.3) is 0 Å². The van der Waals surface area contributed by atoms with Crippen molar-refractivity contribution in [1.82, 2.24) is 10.6 Å². The topological polar surface area (TPSA) is 96.6 Å². The third kappa shape index (κ3) is 5.09. The highest BCUT2D eigenvalue weighted by Gasteiger charge is 2.11. The largest absolute Gasteiger partial charge is 0.357 e. The van der Waals surface area contributed by atoms with Gasteiger partial charge in [0.2, 0.25) is 10.0 Å². The number of thiophene rings is 2. The molecular weight excluding hydrogens is 340 g/mol. The van der Waals surface area contributed by atoms with E-state index in [1.807, 2.05) is 18.4 Å². The van der Waals surface area contributed by atoms with Gasteiger partial charge < -0.3 is 10.6 Å². The van der Waals surface area contributed by atoms with E-state index in [1.165, 1.54) is 6.07 Å². The molecule has 6 nitrogen and oxygen atoms in total. The molecular formula is C13H18N4O2S3. The zero-order valence-electron chi connectivity index (χ0n) is 12.1. The van der Waals surface area contributed by atoms with Crippen LogP contribution in [0, 0.1) is 0 Å². The Morgan fingerprint density at radius 3 is 2.73 bits per heavy atom. The van der Waals surface area contributed by atoms with E-state index in [2.05, 4.69) is 21.0 Å². The second-order valence-electron chi connectivity index (χ2n) is 4.45. The standard InChI is InChI=1S/C13H18N4O2S3/c1-2-15-13(16-7-10-5-6-20-9-10)17-8-11-3-4-12(21-11)22(14,18)19/h3-6,9H,2,7-8H2,1H3,(H2,14,18,19)(H2,15,16,17). The van der Waals surface area contributed by atoms with Crippen molar-refractivity contribution in [2.75, 3.05) is 6.54 Å². The average molecular weight is 359 g/mol. The number of sulfonamides is 1. The van der Waals surface area contributed by atoms with Crippen LogP contribution >= 0.6 is 22.7 Å². The first kappa shape index (κ1) is 16.9. The van der Waals surface area contributed by atoms with Gasteiger partial charge in [-0.1, -0.05) is 0 Å². The quantitative estimate of drug-likeness (QED) is 0.541. The Morgan fingerprint density at radius 2 is 2.14 bits per heavy atom. The molecule has 0 aliphatic rings. The van der Waals surface area contributed by atoms with Crippen LogP contribution in [0.3, 0.4) is 0 Å². The minimum atomic E-state index is -3.62. The minimum absolute atomic E-state index is 0.171. The molecule has 0 spiro atoms. The molecule has 0 aliphatic carbocycles. The fraction of sp³-hybridized carbons (Fsp3) is 0.308. The zero-order chi connectivity index (χ0) is 16.0. The van der Waals surface area contributed by atoms with E-state index in [4.69, 9.17) is 5.14 Å². The molecule has 0 radical (unpaired) electrons. The van der Waals surface area contributed by atoms with Crippen molar-refractivity contribution in [3.8, 4) is 0 Å². The number of nitrogens with two attached hydrogens (primary N) is 1. The molecule has 2 rings (SSSR count). The molecule has 2 aromatic rings. The molecule has 0 aromatic carbocycles. The molecule has 0 atom stereocenters. The van der Waals surface area contributed by atoms with Crippen molar-refractivity contribution >= 4 is 38.7 Å². The number of aliphatic imine (C=N–C) groups is 1. The van der Waals surface area contributed by atoms with Gasteiger partial charge in [-0.25, -0.2) is 18.5 Å². The maximum absolute atomic E-state index is 11.3. The van der Waals surface area contributed by atoms with Gasteiger partial charge in [-0.05, 0) is 41.4 Å². The Labute approximate surface area is 138 Å². The van der Waals surface area contributed by atoms with Crippen LogP contribution in [0.4, 0.5) is 0 Å². The number of rotatable bonds is 6. The molecule has 0 aliphatic heterocycles. The van der Waals surface area contributed by atoms with Crippen molar-refractivity contribution < 1.29 is 8.42 Å². The summed E-state index contributed by atoms with van der Waals surface area (Å²) in [6.07, 6.45) is 0. The average Bonchev–Trinajstić information content (AvgIpc) is 3.12. The van der Waals surface area contributed by atoms with E-state index in [1.54, 1.807) is 17.4 Å². The predicted octanol–water partition coefficient (Wildman–Crippen LogP) is 1.71. The van der Waals surface area contributed by atoms with E-state index < -0.39 is 10.0 Å². The number of nitrogens with one attached hydrogen (secondary N) is 2. The third-order valence-electron chi connectivity index (χ3n) is 2.69. The smallest absolute Gasteiger partial charge is 0.247 e. The summed E-state index contributed by atoms with van der Waals surface area (Å²) in [6.45, 7) is 3.84. The fourth-order valence-electron chi connectivity index (χ4n) is 1.67. The van der Waals surface area contributed by atoms with Crippen LogP contribution in [-0.4, -0.2) is 20.9 Å². The van der Waals surface area contributed by atoms with Gasteiger partial charge in [-0.3, -0.25) is 0 Å². The zero-order valence-corrected chi connectivity index (χ0v) is 14.5. The SMILES string of the molecule is CCNC(=NCc1ccsc1)NCc1ccc(S(N)(=O)=O)s1. The lowest BCUT2D eigenvalue weighted by atomic mass is 10.3. The maximum atomic E-state index is 11.3. The molecule has 2 heterocycles. The van der Waals surface area contributed by atoms with E-state index in [0.29, 0.717) is 19.0 Å². The van der Waals surface area contributed by atoms with Gasteiger partial charge in [0.1, 0.15) is 4.21 Å². The van der Waals surface area contributed by atoms with Crippen molar-refractivity contribution in [3.05, 3.63) is 39.4 Å². The first-order valence-electron chi connectivity index (χ1n) is 6.64. The summed E-state index contributed by atoms with van der Waals surface area (Å²) in [7, 11) is -3.62. The van der Waals surface area contributed by atoms with Gasteiger partial charge in [-0.2, -0.15) is 11.3 Å². The van der Waals surface area contributed by atoms with Crippen LogP contribution in [0.5, 0.6) is 0 Å². The molecule has 0 amide bonds. The van der Waals surface area contributed by atoms with Gasteiger partial charge in [0.05, 0.1) is 13.1 Å². The van der Waals surface area contributed by atoms with Gasteiger partial charge in [0.25, 0.3) is 0 Å². The number of guanidine groups is 1. The highest BCUT2D eigenvalue weighted by Crippen LogP contribution is 2.19. The molecule has 22 heavy (non-hydrogen) atoms. The second kappa shape index (κ2) is 7.73. The van der Waals surface area contributed by atoms with Gasteiger partial charge in [0.15, 0.2) is 5.96 Å². The van der Waals surface area contributed by atoms with Crippen molar-refractivity contribution in [2.24, 2.45) is 10.1 Å². The maximum Gasteiger partial charge on any atom is 0.247 e. The molecule has 9 heteroatoms. The van der Waals surface area contributed by atoms with Gasteiger partial charge in [-0.15, -0.1) is 11.3 Å². The van der Waals surface area contributed by atoms with Crippen molar-refractivity contribution in [2.45, 2.75) is 24.2 Å². The molecule has 0 saturated heterocycles. The van der Waals surface area contributed by atoms with E-state index in [0.717, 1.165) is 28.3 Å². The van der Waals surface area contributed by atoms with Gasteiger partial charge >= 0.3 is 0 Å². The Morgan fingerprint density at radius 1 is 1.32 bits per heavy atom. The molecule has 0 fully saturated rings. The number of nitrogens with zero attached hydrogens (tertiary/aromatic N) is 1. The summed E-state index contributed by atoms with van der Waals surface area (Å²) in [5.41, 5.74) is 1.16. The third-order valence-corrected chi connectivity index (χ3v) is 5.95. The summed E-state index contributed by atoms with van der Waals surface area (Å²) in [5, 5.41) is 15.5. The molecule has 0 unspecified atom stereocenters. The summed E-state index contributed by atoms with van der Waals surface area (Å²) < 4.78 is 22.7. The first-order chi connectivity index (χ1) is 10.5. The summed E-state index contributed by atoms with van der Waals surface area (Å²) in [6, 6.07) is 5.31. The second-order valence-corrected chi connectivity index (χ2v) is 8.18. The summed E-state index contributed by atoms with van der Waals surface area (Å²) in [5.74, 6) is 0.694. The van der Waals surface area contributed by atoms with E-state index in [9.17, 15) is 8.42 Å². The lowest BCUT2D eigenvalue weighted by Gasteiger charge is -2.10. The molecule has 2 aromatic heterocycles. The fourth-order valence-corrected chi connectivity index (χ4v) is 4.05. The molecule has 0 bridgehead atoms. The minimum Gasteiger partial charge on any atom is -0.357 e. The van der Waals surface area contributed by atoms with Crippen molar-refractivity contribution in [1.29, 1.82) is 0 Å². The Hall–Kier alpha value is -1.42. The van der Waals surface area contributed by atoms with E-state index >= 15 is 0 Å². The number of primary sulfonamides is 1. The van der Waals surface area contributed by atoms with Crippen LogP contribution in [0.15, 0.2) is 38.2 Å². The van der Waals surface area contributed by atoms with Crippen LogP contribution in [0.2, 0.25) is 0 Å². The lowest BCUT2D eigenvalue weighted by molar-refractivity contribution is 0.600. The highest BCUT2D eigenvalue weighted by atomic mass is 32.2. The normalized spacial score (nSPS) is 12.4. The van der Waals surface area contributed by atoms with Crippen LogP contribution in [0.1, 0.15) is 17.4 Å². The number of hydrogen-bond acceptors (Lipinski definition) is 5. The lowest BCUT2D eigenvalue weighted by Crippen LogP contribution is -2.36. The molecule has 4 N–H and O–H groups in total. The van der Waals surface area contributed by atoms with Crippen molar-refractivity contribution in [3.63, 3.8) is 0 Å². The molecule has 0 saturated carbocycles. The molecule has 120 valence electrons. The Balaban J connectivity index is 1.96. The Kier molecular flexibility index (Phi) is 5.95.